The van der Waals surface area contributed by atoms with Crippen LogP contribution in [0.3, 0.4) is 0 Å². The Bertz CT molecular complexity index is 398. The minimum atomic E-state index is -0.982. The van der Waals surface area contributed by atoms with Crippen molar-refractivity contribution in [3.05, 3.63) is 0 Å². The van der Waals surface area contributed by atoms with E-state index in [2.05, 4.69) is 5.32 Å². The van der Waals surface area contributed by atoms with Crippen molar-refractivity contribution in [2.75, 3.05) is 20.1 Å². The van der Waals surface area contributed by atoms with Gasteiger partial charge in [-0.15, -0.1) is 0 Å². The van der Waals surface area contributed by atoms with Gasteiger partial charge in [0.25, 0.3) is 0 Å². The summed E-state index contributed by atoms with van der Waals surface area (Å²) in [5, 5.41) is 11.8. The van der Waals surface area contributed by atoms with Gasteiger partial charge >= 0.3 is 12.0 Å². The molecule has 0 aliphatic carbocycles. The molecule has 0 radical (unpaired) electrons. The van der Waals surface area contributed by atoms with Crippen molar-refractivity contribution in [1.29, 1.82) is 0 Å². The molecule has 0 aromatic heterocycles. The Labute approximate surface area is 111 Å². The molecule has 2 saturated heterocycles. The number of amides is 3. The third-order valence-electron chi connectivity index (χ3n) is 3.77. The number of nitrogens with one attached hydrogen (secondary N) is 1. The van der Waals surface area contributed by atoms with Crippen LogP contribution in [-0.2, 0) is 9.59 Å². The van der Waals surface area contributed by atoms with Crippen LogP contribution in [0.4, 0.5) is 4.79 Å². The van der Waals surface area contributed by atoms with Crippen molar-refractivity contribution >= 4 is 17.9 Å². The lowest BCUT2D eigenvalue weighted by molar-refractivity contribution is -0.143. The average Bonchev–Trinajstić information content (AvgIpc) is 2.70. The molecule has 3 amide bonds. The highest BCUT2D eigenvalue weighted by atomic mass is 16.4. The molecule has 106 valence electrons. The molecule has 19 heavy (non-hydrogen) atoms. The van der Waals surface area contributed by atoms with Gasteiger partial charge in [-0.3, -0.25) is 4.79 Å². The average molecular weight is 269 g/mol. The summed E-state index contributed by atoms with van der Waals surface area (Å²) >= 11 is 0. The molecular formula is C12H19N3O4. The van der Waals surface area contributed by atoms with E-state index < -0.39 is 24.1 Å². The Morgan fingerprint density at radius 2 is 2.00 bits per heavy atom. The summed E-state index contributed by atoms with van der Waals surface area (Å²) in [5.41, 5.74) is 0. The molecule has 2 rings (SSSR count). The van der Waals surface area contributed by atoms with E-state index >= 15 is 0 Å². The first kappa shape index (κ1) is 13.6. The molecule has 7 nitrogen and oxygen atoms in total. The predicted octanol–water partition coefficient (Wildman–Crippen LogP) is -0.134. The van der Waals surface area contributed by atoms with E-state index in [4.69, 9.17) is 5.11 Å². The highest BCUT2D eigenvalue weighted by Crippen LogP contribution is 2.18. The van der Waals surface area contributed by atoms with Crippen LogP contribution in [0.2, 0.25) is 0 Å². The number of likely N-dealkylation sites (tertiary alicyclic amines) is 2. The van der Waals surface area contributed by atoms with E-state index in [0.717, 1.165) is 12.8 Å². The minimum Gasteiger partial charge on any atom is -0.480 e. The van der Waals surface area contributed by atoms with Crippen molar-refractivity contribution in [2.45, 2.75) is 37.8 Å². The van der Waals surface area contributed by atoms with Gasteiger partial charge in [-0.2, -0.15) is 0 Å². The Morgan fingerprint density at radius 1 is 1.26 bits per heavy atom. The maximum Gasteiger partial charge on any atom is 0.326 e. The van der Waals surface area contributed by atoms with Gasteiger partial charge in [0.1, 0.15) is 12.1 Å². The Hall–Kier alpha value is -1.79. The van der Waals surface area contributed by atoms with Gasteiger partial charge in [0, 0.05) is 20.1 Å². The fourth-order valence-electron chi connectivity index (χ4n) is 2.62. The number of carbonyl (C=O) groups is 3. The number of likely N-dealkylation sites (N-methyl/N-ethyl adjacent to an activating group) is 1. The zero-order valence-electron chi connectivity index (χ0n) is 11.0. The highest BCUT2D eigenvalue weighted by molar-refractivity contribution is 5.90. The molecule has 2 unspecified atom stereocenters. The van der Waals surface area contributed by atoms with Crippen LogP contribution in [0.25, 0.3) is 0 Å². The summed E-state index contributed by atoms with van der Waals surface area (Å²) in [4.78, 5) is 37.8. The topological polar surface area (TPSA) is 90.0 Å². The fourth-order valence-corrected chi connectivity index (χ4v) is 2.62. The van der Waals surface area contributed by atoms with Crippen molar-refractivity contribution < 1.29 is 19.5 Å². The van der Waals surface area contributed by atoms with Gasteiger partial charge in [0.15, 0.2) is 0 Å². The molecule has 0 aromatic rings. The lowest BCUT2D eigenvalue weighted by atomic mass is 10.0. The molecule has 0 bridgehead atoms. The van der Waals surface area contributed by atoms with Gasteiger partial charge in [-0.25, -0.2) is 9.59 Å². The molecule has 2 aliphatic rings. The van der Waals surface area contributed by atoms with E-state index in [-0.39, 0.29) is 5.91 Å². The summed E-state index contributed by atoms with van der Waals surface area (Å²) in [6.45, 7) is 1.05. The Morgan fingerprint density at radius 3 is 2.58 bits per heavy atom. The summed E-state index contributed by atoms with van der Waals surface area (Å²) in [6.07, 6.45) is 2.66. The summed E-state index contributed by atoms with van der Waals surface area (Å²) in [6, 6.07) is -1.74. The van der Waals surface area contributed by atoms with E-state index in [1.165, 1.54) is 4.90 Å². The number of carboxylic acid groups (broad SMARTS) is 1. The van der Waals surface area contributed by atoms with Gasteiger partial charge in [-0.05, 0) is 25.7 Å². The second-order valence-electron chi connectivity index (χ2n) is 5.09. The van der Waals surface area contributed by atoms with Crippen LogP contribution in [0, 0.1) is 0 Å². The van der Waals surface area contributed by atoms with Crippen molar-refractivity contribution in [2.24, 2.45) is 0 Å². The maximum absolute atomic E-state index is 12.1. The number of carboxylic acids is 1. The first-order valence-corrected chi connectivity index (χ1v) is 6.55. The molecule has 0 aromatic carbocycles. The number of nitrogens with zero attached hydrogens (tertiary/aromatic N) is 2. The lowest BCUT2D eigenvalue weighted by Crippen LogP contribution is -2.54. The Balaban J connectivity index is 1.98. The first-order chi connectivity index (χ1) is 9.00. The number of rotatable bonds is 2. The Kier molecular flexibility index (Phi) is 3.92. The first-order valence-electron chi connectivity index (χ1n) is 6.55. The van der Waals surface area contributed by atoms with E-state index in [0.29, 0.717) is 25.9 Å². The second-order valence-corrected chi connectivity index (χ2v) is 5.09. The van der Waals surface area contributed by atoms with Crippen molar-refractivity contribution in [3.8, 4) is 0 Å². The van der Waals surface area contributed by atoms with Gasteiger partial charge in [-0.1, -0.05) is 0 Å². The van der Waals surface area contributed by atoms with Crippen LogP contribution in [-0.4, -0.2) is 65.0 Å². The minimum absolute atomic E-state index is 0.114. The molecule has 7 heteroatoms. The predicted molar refractivity (Wildman–Crippen MR) is 66.6 cm³/mol. The number of aliphatic carboxylic acids is 1. The normalized spacial score (nSPS) is 27.5. The van der Waals surface area contributed by atoms with Crippen molar-refractivity contribution in [1.82, 2.24) is 15.1 Å². The van der Waals surface area contributed by atoms with Gasteiger partial charge < -0.3 is 20.2 Å². The number of urea groups is 1. The van der Waals surface area contributed by atoms with Crippen LogP contribution in [0.1, 0.15) is 25.7 Å². The van der Waals surface area contributed by atoms with Crippen LogP contribution < -0.4 is 5.32 Å². The third kappa shape index (κ3) is 2.80. The number of hydrogen-bond donors (Lipinski definition) is 2. The summed E-state index contributed by atoms with van der Waals surface area (Å²) < 4.78 is 0. The monoisotopic (exact) mass is 269 g/mol. The summed E-state index contributed by atoms with van der Waals surface area (Å²) in [5.74, 6) is -1.10. The van der Waals surface area contributed by atoms with Gasteiger partial charge in [0.05, 0.1) is 0 Å². The molecule has 2 N–H and O–H groups in total. The number of piperidine rings is 1. The van der Waals surface area contributed by atoms with E-state index in [1.54, 1.807) is 11.9 Å². The van der Waals surface area contributed by atoms with Crippen molar-refractivity contribution in [3.63, 3.8) is 0 Å². The summed E-state index contributed by atoms with van der Waals surface area (Å²) in [7, 11) is 1.69. The highest BCUT2D eigenvalue weighted by Gasteiger charge is 2.36. The second kappa shape index (κ2) is 5.46. The smallest absolute Gasteiger partial charge is 0.326 e. The quantitative estimate of drug-likeness (QED) is 0.730. The fraction of sp³-hybridized carbons (Fsp3) is 0.750. The standard InChI is InChI=1S/C12H19N3O4/c1-14-7-5-8(10(14)16)13-12(19)15-6-3-2-4-9(15)11(17)18/h8-9H,2-7H2,1H3,(H,13,19)(H,17,18). The molecule has 0 spiro atoms. The van der Waals surface area contributed by atoms with Gasteiger partial charge in [0.2, 0.25) is 5.91 Å². The molecular weight excluding hydrogens is 250 g/mol. The molecule has 2 fully saturated rings. The number of carbonyl (C=O) groups excluding carboxylic acids is 2. The molecule has 2 heterocycles. The zero-order chi connectivity index (χ0) is 14.0. The van der Waals surface area contributed by atoms with Crippen LogP contribution in [0.5, 0.6) is 0 Å². The maximum atomic E-state index is 12.1. The van der Waals surface area contributed by atoms with E-state index in [1.807, 2.05) is 0 Å². The largest absolute Gasteiger partial charge is 0.480 e. The van der Waals surface area contributed by atoms with Crippen LogP contribution >= 0.6 is 0 Å². The lowest BCUT2D eigenvalue weighted by Gasteiger charge is -2.33. The van der Waals surface area contributed by atoms with E-state index in [9.17, 15) is 14.4 Å². The molecule has 2 atom stereocenters. The molecule has 0 saturated carbocycles. The molecule has 2 aliphatic heterocycles. The van der Waals surface area contributed by atoms with Crippen LogP contribution in [0.15, 0.2) is 0 Å². The zero-order valence-corrected chi connectivity index (χ0v) is 11.0. The third-order valence-corrected chi connectivity index (χ3v) is 3.77. The number of hydrogen-bond acceptors (Lipinski definition) is 3. The SMILES string of the molecule is CN1CCC(NC(=O)N2CCCCC2C(=O)O)C1=O.